The molecule has 1 fully saturated rings. The molecule has 160 valence electrons. The van der Waals surface area contributed by atoms with Gasteiger partial charge in [-0.15, -0.1) is 0 Å². The quantitative estimate of drug-likeness (QED) is 0.391. The van der Waals surface area contributed by atoms with E-state index in [9.17, 15) is 19.2 Å². The lowest BCUT2D eigenvalue weighted by Crippen LogP contribution is -2.58. The van der Waals surface area contributed by atoms with Crippen molar-refractivity contribution in [3.8, 4) is 0 Å². The summed E-state index contributed by atoms with van der Waals surface area (Å²) < 4.78 is 16.3. The SMILES string of the molecule is COC1(C)OCC(C)(C)[C@H](C(=O)NCCC(=O)NCCSC(=O)CC(C)=O)O1. The minimum Gasteiger partial charge on any atom is -0.355 e. The minimum atomic E-state index is -1.29. The Bertz CT molecular complexity index is 596. The summed E-state index contributed by atoms with van der Waals surface area (Å²) in [5, 5.41) is 5.15. The number of thioether (sulfide) groups is 1. The highest BCUT2D eigenvalue weighted by atomic mass is 32.2. The lowest BCUT2D eigenvalue weighted by molar-refractivity contribution is -0.413. The Kier molecular flexibility index (Phi) is 9.55. The van der Waals surface area contributed by atoms with Crippen molar-refractivity contribution in [2.75, 3.05) is 32.6 Å². The van der Waals surface area contributed by atoms with E-state index in [1.165, 1.54) is 14.0 Å². The van der Waals surface area contributed by atoms with Gasteiger partial charge in [0.2, 0.25) is 11.8 Å². The van der Waals surface area contributed by atoms with Gasteiger partial charge in [-0.25, -0.2) is 0 Å². The van der Waals surface area contributed by atoms with Crippen LogP contribution >= 0.6 is 11.8 Å². The van der Waals surface area contributed by atoms with E-state index in [1.807, 2.05) is 13.8 Å². The van der Waals surface area contributed by atoms with Gasteiger partial charge in [-0.3, -0.25) is 19.2 Å². The highest BCUT2D eigenvalue weighted by Gasteiger charge is 2.48. The normalized spacial score (nSPS) is 23.7. The number of nitrogens with one attached hydrogen (secondary N) is 2. The van der Waals surface area contributed by atoms with Crippen molar-refractivity contribution in [1.29, 1.82) is 0 Å². The molecule has 0 saturated carbocycles. The second kappa shape index (κ2) is 10.9. The van der Waals surface area contributed by atoms with Crippen molar-refractivity contribution in [2.45, 2.75) is 52.6 Å². The van der Waals surface area contributed by atoms with Gasteiger partial charge in [-0.1, -0.05) is 25.6 Å². The molecule has 2 amide bonds. The molecule has 10 heteroatoms. The fourth-order valence-electron chi connectivity index (χ4n) is 2.41. The topological polar surface area (TPSA) is 120 Å². The van der Waals surface area contributed by atoms with E-state index in [-0.39, 0.29) is 48.7 Å². The molecular weight excluding hydrogens is 388 g/mol. The van der Waals surface area contributed by atoms with Crippen LogP contribution in [-0.2, 0) is 33.4 Å². The summed E-state index contributed by atoms with van der Waals surface area (Å²) in [5.74, 6) is -1.65. The van der Waals surface area contributed by atoms with E-state index in [0.29, 0.717) is 12.3 Å². The number of rotatable bonds is 10. The summed E-state index contributed by atoms with van der Waals surface area (Å²) in [5.41, 5.74) is -0.548. The second-order valence-corrected chi connectivity index (χ2v) is 8.48. The molecule has 0 aromatic heterocycles. The van der Waals surface area contributed by atoms with Crippen LogP contribution in [-0.4, -0.2) is 67.3 Å². The van der Waals surface area contributed by atoms with Gasteiger partial charge in [0.05, 0.1) is 13.0 Å². The lowest BCUT2D eigenvalue weighted by atomic mass is 9.86. The first-order valence-corrected chi connectivity index (χ1v) is 10.0. The Morgan fingerprint density at radius 2 is 1.82 bits per heavy atom. The molecule has 0 spiro atoms. The average Bonchev–Trinajstić information content (AvgIpc) is 2.60. The maximum Gasteiger partial charge on any atom is 0.280 e. The van der Waals surface area contributed by atoms with Crippen LogP contribution in [0.3, 0.4) is 0 Å². The maximum atomic E-state index is 12.5. The van der Waals surface area contributed by atoms with Crippen LogP contribution in [0.25, 0.3) is 0 Å². The number of Topliss-reactive ketones (excluding diaryl/α,β-unsaturated/α-hetero) is 1. The Labute approximate surface area is 169 Å². The lowest BCUT2D eigenvalue weighted by Gasteiger charge is -2.44. The summed E-state index contributed by atoms with van der Waals surface area (Å²) in [4.78, 5) is 46.5. The monoisotopic (exact) mass is 418 g/mol. The van der Waals surface area contributed by atoms with Crippen molar-refractivity contribution >= 4 is 34.5 Å². The molecule has 0 aromatic carbocycles. The second-order valence-electron chi connectivity index (χ2n) is 7.33. The summed E-state index contributed by atoms with van der Waals surface area (Å²) in [6.45, 7) is 7.40. The van der Waals surface area contributed by atoms with Crippen molar-refractivity contribution in [2.24, 2.45) is 5.41 Å². The highest BCUT2D eigenvalue weighted by molar-refractivity contribution is 8.13. The maximum absolute atomic E-state index is 12.5. The molecule has 1 aliphatic heterocycles. The van der Waals surface area contributed by atoms with E-state index >= 15 is 0 Å². The van der Waals surface area contributed by atoms with Crippen LogP contribution in [0, 0.1) is 5.41 Å². The third kappa shape index (κ3) is 8.26. The zero-order valence-electron chi connectivity index (χ0n) is 17.1. The van der Waals surface area contributed by atoms with E-state index < -0.39 is 17.5 Å². The van der Waals surface area contributed by atoms with Crippen LogP contribution < -0.4 is 10.6 Å². The fourth-order valence-corrected chi connectivity index (χ4v) is 3.14. The number of carbonyl (C=O) groups is 4. The summed E-state index contributed by atoms with van der Waals surface area (Å²) in [6.07, 6.45) is -0.779. The highest BCUT2D eigenvalue weighted by Crippen LogP contribution is 2.35. The molecule has 1 rings (SSSR count). The molecule has 0 aliphatic carbocycles. The first kappa shape index (κ1) is 24.5. The molecule has 1 aliphatic rings. The number of hydrogen-bond donors (Lipinski definition) is 2. The zero-order chi connectivity index (χ0) is 21.4. The molecular formula is C18H30N2O7S. The van der Waals surface area contributed by atoms with Crippen LogP contribution in [0.4, 0.5) is 0 Å². The first-order chi connectivity index (χ1) is 13.0. The van der Waals surface area contributed by atoms with E-state index in [4.69, 9.17) is 14.2 Å². The molecule has 0 aromatic rings. The Morgan fingerprint density at radius 3 is 2.43 bits per heavy atom. The van der Waals surface area contributed by atoms with Crippen molar-refractivity contribution in [1.82, 2.24) is 10.6 Å². The minimum absolute atomic E-state index is 0.0998. The van der Waals surface area contributed by atoms with Crippen LogP contribution in [0.5, 0.6) is 0 Å². The molecule has 2 atom stereocenters. The van der Waals surface area contributed by atoms with Crippen LogP contribution in [0.1, 0.15) is 40.5 Å². The molecule has 0 bridgehead atoms. The molecule has 28 heavy (non-hydrogen) atoms. The van der Waals surface area contributed by atoms with Crippen molar-refractivity contribution in [3.63, 3.8) is 0 Å². The van der Waals surface area contributed by atoms with E-state index in [1.54, 1.807) is 6.92 Å². The summed E-state index contributed by atoms with van der Waals surface area (Å²) >= 11 is 1.01. The first-order valence-electron chi connectivity index (χ1n) is 9.05. The zero-order valence-corrected chi connectivity index (χ0v) is 17.9. The average molecular weight is 419 g/mol. The number of hydrogen-bond acceptors (Lipinski definition) is 8. The van der Waals surface area contributed by atoms with Gasteiger partial charge in [0, 0.05) is 44.7 Å². The number of ketones is 1. The van der Waals surface area contributed by atoms with Crippen molar-refractivity contribution in [3.05, 3.63) is 0 Å². The standard InChI is InChI=1S/C18H30N2O7S/c1-12(21)10-14(23)28-9-8-19-13(22)6-7-20-16(24)15-17(2,3)11-26-18(4,25-5)27-15/h15H,6-11H2,1-5H3,(H,19,22)(H,20,24)/t15-,18?/m0/s1. The van der Waals surface area contributed by atoms with E-state index in [0.717, 1.165) is 11.8 Å². The number of methoxy groups -OCH3 is 1. The van der Waals surface area contributed by atoms with Gasteiger partial charge in [0.15, 0.2) is 5.12 Å². The van der Waals surface area contributed by atoms with Crippen LogP contribution in [0.15, 0.2) is 0 Å². The number of ether oxygens (including phenoxy) is 3. The summed E-state index contributed by atoms with van der Waals surface area (Å²) in [7, 11) is 1.43. The molecule has 9 nitrogen and oxygen atoms in total. The third-order valence-electron chi connectivity index (χ3n) is 4.09. The molecule has 2 N–H and O–H groups in total. The van der Waals surface area contributed by atoms with Gasteiger partial charge in [0.25, 0.3) is 5.97 Å². The fraction of sp³-hybridized carbons (Fsp3) is 0.778. The Morgan fingerprint density at radius 1 is 1.14 bits per heavy atom. The Balaban J connectivity index is 2.30. The number of amides is 2. The predicted octanol–water partition coefficient (Wildman–Crippen LogP) is 0.610. The molecule has 1 saturated heterocycles. The summed E-state index contributed by atoms with van der Waals surface area (Å²) in [6, 6.07) is 0. The molecule has 0 radical (unpaired) electrons. The van der Waals surface area contributed by atoms with Crippen molar-refractivity contribution < 1.29 is 33.4 Å². The van der Waals surface area contributed by atoms with Gasteiger partial charge in [-0.2, -0.15) is 0 Å². The van der Waals surface area contributed by atoms with Crippen LogP contribution in [0.2, 0.25) is 0 Å². The smallest absolute Gasteiger partial charge is 0.280 e. The van der Waals surface area contributed by atoms with Gasteiger partial charge in [-0.05, 0) is 6.92 Å². The van der Waals surface area contributed by atoms with E-state index in [2.05, 4.69) is 10.6 Å². The predicted molar refractivity (Wildman–Crippen MR) is 103 cm³/mol. The Hall–Kier alpha value is -1.49. The molecule has 1 unspecified atom stereocenters. The molecule has 1 heterocycles. The van der Waals surface area contributed by atoms with Gasteiger partial charge >= 0.3 is 0 Å². The van der Waals surface area contributed by atoms with Gasteiger partial charge < -0.3 is 24.8 Å². The number of carbonyl (C=O) groups excluding carboxylic acids is 4. The largest absolute Gasteiger partial charge is 0.355 e. The van der Waals surface area contributed by atoms with Gasteiger partial charge in [0.1, 0.15) is 11.9 Å². The third-order valence-corrected chi connectivity index (χ3v) is 4.96.